The molecule has 4 aliphatic carbocycles. The molecule has 2 unspecified atom stereocenters. The van der Waals surface area contributed by atoms with Crippen LogP contribution in [0.5, 0.6) is 0 Å². The van der Waals surface area contributed by atoms with Crippen LogP contribution < -0.4 is 5.73 Å². The van der Waals surface area contributed by atoms with E-state index in [4.69, 9.17) is 5.73 Å². The van der Waals surface area contributed by atoms with Gasteiger partial charge in [-0.3, -0.25) is 9.59 Å². The fourth-order valence-electron chi connectivity index (χ4n) is 6.27. The molecule has 0 spiro atoms. The molecule has 4 nitrogen and oxygen atoms in total. The van der Waals surface area contributed by atoms with Crippen molar-refractivity contribution in [3.05, 3.63) is 35.6 Å². The van der Waals surface area contributed by atoms with Gasteiger partial charge in [-0.25, -0.2) is 4.39 Å². The van der Waals surface area contributed by atoms with Crippen molar-refractivity contribution in [3.63, 3.8) is 0 Å². The van der Waals surface area contributed by atoms with Gasteiger partial charge in [0.25, 0.3) is 0 Å². The van der Waals surface area contributed by atoms with Crippen LogP contribution in [0.2, 0.25) is 0 Å². The Labute approximate surface area is 140 Å². The molecule has 3 N–H and O–H groups in total. The second-order valence-electron chi connectivity index (χ2n) is 8.11. The SMILES string of the molecule is NC(=O)C12CC3CC(C1)C(CC(=O)O)(c1ccc(F)cc1)C(C3)C2. The molecule has 0 heterocycles. The Hall–Kier alpha value is -1.91. The zero-order valence-corrected chi connectivity index (χ0v) is 13.5. The van der Waals surface area contributed by atoms with Gasteiger partial charge in [-0.05, 0) is 67.6 Å². The van der Waals surface area contributed by atoms with Crippen molar-refractivity contribution >= 4 is 11.9 Å². The molecule has 0 radical (unpaired) electrons. The predicted molar refractivity (Wildman–Crippen MR) is 85.5 cm³/mol. The van der Waals surface area contributed by atoms with Crippen molar-refractivity contribution in [1.82, 2.24) is 0 Å². The normalized spacial score (nSPS) is 39.8. The fourth-order valence-corrected chi connectivity index (χ4v) is 6.27. The molecular formula is C19H22FNO3. The summed E-state index contributed by atoms with van der Waals surface area (Å²) in [5.74, 6) is -0.681. The molecule has 1 aromatic rings. The van der Waals surface area contributed by atoms with Gasteiger partial charge in [0.1, 0.15) is 5.82 Å². The van der Waals surface area contributed by atoms with Crippen molar-refractivity contribution in [2.45, 2.75) is 43.9 Å². The molecule has 1 amide bonds. The van der Waals surface area contributed by atoms with E-state index < -0.39 is 16.8 Å². The van der Waals surface area contributed by atoms with Crippen LogP contribution in [0.25, 0.3) is 0 Å². The number of carbonyl (C=O) groups excluding carboxylic acids is 1. The highest BCUT2D eigenvalue weighted by Crippen LogP contribution is 2.68. The molecule has 4 saturated carbocycles. The van der Waals surface area contributed by atoms with Gasteiger partial charge in [0, 0.05) is 10.8 Å². The number of benzene rings is 1. The largest absolute Gasteiger partial charge is 0.481 e. The van der Waals surface area contributed by atoms with Gasteiger partial charge in [0.2, 0.25) is 5.91 Å². The number of hydrogen-bond acceptors (Lipinski definition) is 2. The number of nitrogens with two attached hydrogens (primary N) is 1. The summed E-state index contributed by atoms with van der Waals surface area (Å²) in [5, 5.41) is 9.59. The van der Waals surface area contributed by atoms with Crippen LogP contribution in [0.4, 0.5) is 4.39 Å². The molecule has 128 valence electrons. The van der Waals surface area contributed by atoms with Crippen molar-refractivity contribution < 1.29 is 19.1 Å². The Kier molecular flexibility index (Phi) is 3.28. The second kappa shape index (κ2) is 5.04. The number of carbonyl (C=O) groups is 2. The fraction of sp³-hybridized carbons (Fsp3) is 0.579. The number of rotatable bonds is 4. The van der Waals surface area contributed by atoms with Gasteiger partial charge in [0.15, 0.2) is 0 Å². The highest BCUT2D eigenvalue weighted by Gasteiger charge is 2.64. The summed E-state index contributed by atoms with van der Waals surface area (Å²) in [7, 11) is 0. The topological polar surface area (TPSA) is 80.4 Å². The predicted octanol–water partition coefficient (Wildman–Crippen LogP) is 2.85. The van der Waals surface area contributed by atoms with Gasteiger partial charge < -0.3 is 10.8 Å². The minimum Gasteiger partial charge on any atom is -0.481 e. The molecule has 2 atom stereocenters. The van der Waals surface area contributed by atoms with E-state index in [2.05, 4.69) is 0 Å². The third-order valence-corrected chi connectivity index (χ3v) is 6.99. The van der Waals surface area contributed by atoms with E-state index in [1.807, 2.05) is 0 Å². The lowest BCUT2D eigenvalue weighted by Crippen LogP contribution is -2.62. The van der Waals surface area contributed by atoms with E-state index in [9.17, 15) is 19.1 Å². The van der Waals surface area contributed by atoms with Gasteiger partial charge in [0.05, 0.1) is 6.42 Å². The van der Waals surface area contributed by atoms with Gasteiger partial charge >= 0.3 is 5.97 Å². The highest BCUT2D eigenvalue weighted by molar-refractivity contribution is 5.82. The molecule has 24 heavy (non-hydrogen) atoms. The minimum absolute atomic E-state index is 0.0372. The Morgan fingerprint density at radius 1 is 1.12 bits per heavy atom. The van der Waals surface area contributed by atoms with Gasteiger partial charge in [-0.15, -0.1) is 0 Å². The Balaban J connectivity index is 1.82. The summed E-state index contributed by atoms with van der Waals surface area (Å²) < 4.78 is 13.4. The Bertz CT molecular complexity index is 683. The molecule has 4 aliphatic rings. The lowest BCUT2D eigenvalue weighted by molar-refractivity contribution is -0.161. The zero-order valence-electron chi connectivity index (χ0n) is 13.5. The highest BCUT2D eigenvalue weighted by atomic mass is 19.1. The van der Waals surface area contributed by atoms with E-state index in [-0.39, 0.29) is 30.0 Å². The Morgan fingerprint density at radius 2 is 1.71 bits per heavy atom. The lowest BCUT2D eigenvalue weighted by Gasteiger charge is -2.64. The molecule has 0 saturated heterocycles. The maximum absolute atomic E-state index is 13.4. The third-order valence-electron chi connectivity index (χ3n) is 6.99. The second-order valence-corrected chi connectivity index (χ2v) is 8.11. The third kappa shape index (κ3) is 2.03. The van der Waals surface area contributed by atoms with Crippen LogP contribution in [-0.4, -0.2) is 17.0 Å². The number of amides is 1. The van der Waals surface area contributed by atoms with Gasteiger partial charge in [-0.1, -0.05) is 12.1 Å². The van der Waals surface area contributed by atoms with Crippen LogP contribution in [0.15, 0.2) is 24.3 Å². The van der Waals surface area contributed by atoms with Crippen LogP contribution in [0.1, 0.15) is 44.1 Å². The first-order chi connectivity index (χ1) is 11.4. The summed E-state index contributed by atoms with van der Waals surface area (Å²) in [6.45, 7) is 0. The van der Waals surface area contributed by atoms with Crippen molar-refractivity contribution in [2.75, 3.05) is 0 Å². The molecule has 0 aromatic heterocycles. The van der Waals surface area contributed by atoms with Crippen LogP contribution in [0.3, 0.4) is 0 Å². The summed E-state index contributed by atoms with van der Waals surface area (Å²) >= 11 is 0. The zero-order chi connectivity index (χ0) is 17.1. The van der Waals surface area contributed by atoms with Crippen molar-refractivity contribution in [2.24, 2.45) is 28.9 Å². The van der Waals surface area contributed by atoms with E-state index in [0.29, 0.717) is 18.8 Å². The number of carboxylic acids is 1. The summed E-state index contributed by atoms with van der Waals surface area (Å²) in [6, 6.07) is 6.29. The monoisotopic (exact) mass is 331 g/mol. The van der Waals surface area contributed by atoms with Crippen LogP contribution in [0, 0.1) is 29.0 Å². The average molecular weight is 331 g/mol. The molecule has 1 aromatic carbocycles. The maximum atomic E-state index is 13.4. The first-order valence-electron chi connectivity index (χ1n) is 8.63. The molecule has 4 fully saturated rings. The average Bonchev–Trinajstić information content (AvgIpc) is 2.51. The standard InChI is InChI=1S/C19H22FNO3/c20-15-3-1-12(2-4-15)19(10-16(22)23)13-5-11-6-14(19)9-18(7-11,8-13)17(21)24/h1-4,11,13-14H,5-10H2,(H2,21,24)(H,22,23). The molecular weight excluding hydrogens is 309 g/mol. The number of hydrogen-bond donors (Lipinski definition) is 2. The van der Waals surface area contributed by atoms with E-state index in [0.717, 1.165) is 24.8 Å². The first kappa shape index (κ1) is 15.6. The lowest BCUT2D eigenvalue weighted by atomic mass is 9.39. The number of aliphatic carboxylic acids is 1. The first-order valence-corrected chi connectivity index (χ1v) is 8.63. The van der Waals surface area contributed by atoms with Crippen LogP contribution >= 0.6 is 0 Å². The molecule has 5 rings (SSSR count). The number of halogens is 1. The van der Waals surface area contributed by atoms with E-state index in [1.165, 1.54) is 12.1 Å². The summed E-state index contributed by atoms with van der Waals surface area (Å²) in [6.07, 6.45) is 4.10. The molecule has 0 aliphatic heterocycles. The van der Waals surface area contributed by atoms with E-state index >= 15 is 0 Å². The smallest absolute Gasteiger partial charge is 0.304 e. The van der Waals surface area contributed by atoms with E-state index in [1.54, 1.807) is 12.1 Å². The van der Waals surface area contributed by atoms with Crippen LogP contribution in [-0.2, 0) is 15.0 Å². The molecule has 4 bridgehead atoms. The Morgan fingerprint density at radius 3 is 2.21 bits per heavy atom. The van der Waals surface area contributed by atoms with Crippen molar-refractivity contribution in [1.29, 1.82) is 0 Å². The quantitative estimate of drug-likeness (QED) is 0.890. The summed E-state index contributed by atoms with van der Waals surface area (Å²) in [4.78, 5) is 23.8. The minimum atomic E-state index is -0.833. The number of primary amides is 1. The molecule has 5 heteroatoms. The number of carboxylic acid groups (broad SMARTS) is 1. The van der Waals surface area contributed by atoms with Crippen molar-refractivity contribution in [3.8, 4) is 0 Å². The maximum Gasteiger partial charge on any atom is 0.304 e. The summed E-state index contributed by atoms with van der Waals surface area (Å²) in [5.41, 5.74) is 5.67. The van der Waals surface area contributed by atoms with Gasteiger partial charge in [-0.2, -0.15) is 0 Å².